The molecular weight excluding hydrogens is 3140 g/mol. The van der Waals surface area contributed by atoms with Crippen LogP contribution in [-0.2, 0) is 113 Å². The maximum Gasteiger partial charge on any atom is 0.245 e. The molecule has 0 bridgehead atoms. The van der Waals surface area contributed by atoms with Crippen LogP contribution >= 0.6 is 90.5 Å². The van der Waals surface area contributed by atoms with Gasteiger partial charge in [-0.05, 0) is 159 Å². The Hall–Kier alpha value is -11.9. The van der Waals surface area contributed by atoms with Crippen LogP contribution in [0.5, 0.6) is 0 Å². The van der Waals surface area contributed by atoms with Crippen molar-refractivity contribution in [1.29, 1.82) is 0 Å². The van der Waals surface area contributed by atoms with Crippen LogP contribution < -0.4 is 0 Å². The third kappa shape index (κ3) is 31.4. The van der Waals surface area contributed by atoms with E-state index < -0.39 is 11.6 Å². The normalized spacial score (nSPS) is 10.2. The molecule has 0 spiro atoms. The van der Waals surface area contributed by atoms with E-state index in [1.165, 1.54) is 19.7 Å². The van der Waals surface area contributed by atoms with Gasteiger partial charge in [0.05, 0.1) is 84.5 Å². The molecular formula is C119H73Cl6F2N13OPt6S3. The second kappa shape index (κ2) is 61.0. The zero-order chi connectivity index (χ0) is 105. The molecule has 25 aromatic rings. The predicted octanol–water partition coefficient (Wildman–Crippen LogP) is 34.3. The number of thiophene rings is 3. The molecule has 0 fully saturated rings. The van der Waals surface area contributed by atoms with Crippen LogP contribution in [0.1, 0.15) is 0 Å². The fourth-order valence-electron chi connectivity index (χ4n) is 15.0. The van der Waals surface area contributed by atoms with E-state index >= 15 is 0 Å². The molecule has 0 aliphatic carbocycles. The van der Waals surface area contributed by atoms with Crippen LogP contribution in [0.25, 0.3) is 210 Å². The molecule has 25 rings (SSSR count). The smallest absolute Gasteiger partial charge is 0.245 e. The van der Waals surface area contributed by atoms with Crippen molar-refractivity contribution in [2.45, 2.75) is 0 Å². The van der Waals surface area contributed by atoms with Gasteiger partial charge < -0.3 is 9.40 Å². The molecule has 15 aromatic heterocycles. The Morgan fingerprint density at radius 1 is 0.267 bits per heavy atom. The minimum atomic E-state index is -0.689. The maximum atomic E-state index is 14.0. The standard InChI is InChI=1S/C26H15N2S2.C22H15N2.C21H12N3O.C20H11F2N2.C16H11N2.C14H9N2S.6ClH.6Pt/c1-3-13-23-17(7-1)15-25(29-23)21-11-5-9-19(27-21)20-10-6-12-22(28-20)26-16-18-8-2-4-14-24(18)30-26;1-3-9-17(10-4-1)19-13-7-15-21(23-19)22-16-8-14-20(24-22)18-11-5-2-6-12-18;1-2-6-15-13-16(10-9-14(15)5-1)20-22-12-11-18(23-20)21-24-17-7-3-4-8-19(17)25-21;21-14-9-10-15(16(22)12-14)18-6-3-7-19(24-18)20-11-8-13-4-1-2-5-17(13)23-20;1-2-7-13(8-3-1)14-10-6-11-16(18-14)15-9-4-5-12-17-15;1-2-9-15-11(5-1)12-6-3-7-13(16-12)14-8-4-10-17-14;;;;;;;;;;;;/h1-15H;1-11,13-16H;1-12H;1-9,11-12H;1-7,9-12H;1-7,9-10H;6*1H;;;;;;/q6*-1;;;;;;;6*+2/p-6. The summed E-state index contributed by atoms with van der Waals surface area (Å²) in [6.45, 7) is 0. The van der Waals surface area contributed by atoms with E-state index in [-0.39, 0.29) is 5.56 Å². The van der Waals surface area contributed by atoms with Crippen molar-refractivity contribution in [3.8, 4) is 157 Å². The molecule has 0 aliphatic heterocycles. The average Bonchev–Trinajstić information content (AvgIpc) is 1.62. The van der Waals surface area contributed by atoms with Crippen LogP contribution in [0.4, 0.5) is 8.78 Å². The second-order valence-corrected chi connectivity index (χ2v) is 34.0. The van der Waals surface area contributed by atoms with Gasteiger partial charge in [0.25, 0.3) is 0 Å². The van der Waals surface area contributed by atoms with Crippen molar-refractivity contribution in [2.24, 2.45) is 0 Å². The molecule has 31 heteroatoms. The Labute approximate surface area is 969 Å². The minimum Gasteiger partial charge on any atom is -0.435 e. The molecule has 15 heterocycles. The first-order chi connectivity index (χ1) is 74.2. The summed E-state index contributed by atoms with van der Waals surface area (Å²) in [6, 6.07) is 154. The van der Waals surface area contributed by atoms with Crippen LogP contribution in [0.3, 0.4) is 0 Å². The number of nitrogens with zero attached hydrogens (tertiary/aromatic N) is 13. The first-order valence-corrected chi connectivity index (χ1v) is 64.1. The van der Waals surface area contributed by atoms with E-state index in [9.17, 15) is 8.78 Å². The van der Waals surface area contributed by atoms with Crippen molar-refractivity contribution in [3.63, 3.8) is 0 Å². The van der Waals surface area contributed by atoms with Crippen molar-refractivity contribution >= 4 is 143 Å². The molecule has 0 unspecified atom stereocenters. The van der Waals surface area contributed by atoms with E-state index in [1.807, 2.05) is 309 Å². The summed E-state index contributed by atoms with van der Waals surface area (Å²) in [5, 5.41) is 7.61. The van der Waals surface area contributed by atoms with Gasteiger partial charge in [-0.2, -0.15) is 12.1 Å². The third-order valence-corrected chi connectivity index (χ3v) is 24.7. The molecule has 754 valence electrons. The van der Waals surface area contributed by atoms with Crippen LogP contribution in [0, 0.1) is 48.0 Å². The van der Waals surface area contributed by atoms with Gasteiger partial charge in [-0.25, -0.2) is 42.6 Å². The number of fused-ring (bicyclic) bond motifs is 5. The van der Waals surface area contributed by atoms with Gasteiger partial charge in [-0.15, -0.1) is 154 Å². The second-order valence-electron chi connectivity index (χ2n) is 30.9. The fraction of sp³-hybridized carbons (Fsp3) is 0. The number of pyridine rings is 10. The summed E-state index contributed by atoms with van der Waals surface area (Å²) >= 11 is 14.8. The van der Waals surface area contributed by atoms with Crippen molar-refractivity contribution in [2.75, 3.05) is 0 Å². The largest absolute Gasteiger partial charge is 0.435 e. The number of halogens is 8. The molecule has 0 N–H and O–H groups in total. The van der Waals surface area contributed by atoms with Gasteiger partial charge in [0.15, 0.2) is 5.58 Å². The number of benzene rings is 10. The number of rotatable bonds is 14. The summed E-state index contributed by atoms with van der Waals surface area (Å²) in [6.07, 6.45) is 5.27. The zero-order valence-corrected chi connectivity index (χ0v) is 98.1. The number of hydrogen-bond donors (Lipinski definition) is 0. The van der Waals surface area contributed by atoms with Crippen molar-refractivity contribution in [1.82, 2.24) is 64.8 Å². The Morgan fingerprint density at radius 3 is 1.29 bits per heavy atom. The number of hydrogen-bond acceptors (Lipinski definition) is 17. The monoisotopic (exact) mass is 3210 g/mol. The van der Waals surface area contributed by atoms with Gasteiger partial charge in [-0.1, -0.05) is 228 Å². The molecule has 0 aliphatic rings. The Balaban J connectivity index is 0.000000140. The minimum absolute atomic E-state index is 0.138. The third-order valence-electron chi connectivity index (χ3n) is 21.7. The van der Waals surface area contributed by atoms with Crippen molar-refractivity contribution in [3.05, 3.63) is 491 Å². The SMILES string of the molecule is Fc1c[c-]c(-c2cccc(-c3ccc4ccccc4n3)n2)c(F)c1.[Cl][Pt+].[Cl][Pt+].[Cl][Pt+].[Cl][Pt+].[Cl][Pt+].[Cl][Pt+].[c-]1c(-c2cccc(-c3cccc(-c4cc5ccccc5s4)n3)n2)sc2ccccc12.[c-]1c(-c2nccc(-c3nc4ccccc4o3)n2)ccc2ccccc12.[c-]1ccccc1-c1cccc(-c2cccc(-c3ccccc3)n2)n1.[c-]1ccccc1-c1cccc(-c2ccccn2)n1.[c-]1ccsc1-c1cccc(-c2ccccn2)n1. The quantitative estimate of drug-likeness (QED) is 0.0938. The molecule has 0 radical (unpaired) electrons. The van der Waals surface area contributed by atoms with Gasteiger partial charge in [0.1, 0.15) is 11.2 Å². The van der Waals surface area contributed by atoms with Crippen LogP contribution in [0.2, 0.25) is 0 Å². The predicted molar refractivity (Wildman–Crippen MR) is 588 cm³/mol. The summed E-state index contributed by atoms with van der Waals surface area (Å²) in [4.78, 5) is 63.0. The maximum absolute atomic E-state index is 14.0. The van der Waals surface area contributed by atoms with Gasteiger partial charge in [0, 0.05) is 51.6 Å². The first kappa shape index (κ1) is 114. The van der Waals surface area contributed by atoms with Gasteiger partial charge in [-0.3, -0.25) is 48.7 Å². The van der Waals surface area contributed by atoms with E-state index in [2.05, 4.69) is 223 Å². The summed E-state index contributed by atoms with van der Waals surface area (Å²) in [5.41, 5.74) is 21.5. The van der Waals surface area contributed by atoms with E-state index in [4.69, 9.17) is 24.4 Å². The Bertz CT molecular complexity index is 8190. The molecule has 0 atom stereocenters. The van der Waals surface area contributed by atoms with E-state index in [1.54, 1.807) is 183 Å². The summed E-state index contributed by atoms with van der Waals surface area (Å²) < 4.78 is 35.3. The summed E-state index contributed by atoms with van der Waals surface area (Å²) in [7, 11) is 27.7. The Morgan fingerprint density at radius 2 is 0.727 bits per heavy atom. The number of aromatic nitrogens is 13. The van der Waals surface area contributed by atoms with E-state index in [0.29, 0.717) is 34.5 Å². The molecule has 150 heavy (non-hydrogen) atoms. The Kier molecular flexibility index (Phi) is 46.2. The molecule has 14 nitrogen and oxygen atoms in total. The van der Waals surface area contributed by atoms with Crippen molar-refractivity contribution < 1.29 is 126 Å². The van der Waals surface area contributed by atoms with Crippen LogP contribution in [0.15, 0.2) is 447 Å². The van der Waals surface area contributed by atoms with Crippen LogP contribution in [-0.4, -0.2) is 64.8 Å². The average molecular weight is 3220 g/mol. The summed E-state index contributed by atoms with van der Waals surface area (Å²) in [5.74, 6) is -0.258. The number of oxazole rings is 1. The number of para-hydroxylation sites is 3. The van der Waals surface area contributed by atoms with Gasteiger partial charge >= 0.3 is 169 Å². The molecule has 0 saturated heterocycles. The molecule has 10 aromatic carbocycles. The molecule has 0 saturated carbocycles. The van der Waals surface area contributed by atoms with Gasteiger partial charge in [0.2, 0.25) is 5.89 Å². The van der Waals surface area contributed by atoms with E-state index in [0.717, 1.165) is 162 Å². The first-order valence-electron chi connectivity index (χ1n) is 44.7. The zero-order valence-electron chi connectivity index (χ0n) is 77.5. The fourth-order valence-corrected chi connectivity index (χ4v) is 17.6. The topological polar surface area (TPSA) is 181 Å². The molecule has 0 amide bonds.